The lowest BCUT2D eigenvalue weighted by Gasteiger charge is -2.24. The lowest BCUT2D eigenvalue weighted by Crippen LogP contribution is -2.35. The van der Waals surface area contributed by atoms with Crippen LogP contribution in [0.4, 0.5) is 0 Å². The molecule has 1 aliphatic rings. The average molecular weight is 296 g/mol. The lowest BCUT2D eigenvalue weighted by atomic mass is 10.1. The molecule has 1 aliphatic heterocycles. The molecule has 1 amide bonds. The highest BCUT2D eigenvalue weighted by Gasteiger charge is 2.28. The van der Waals surface area contributed by atoms with E-state index in [1.165, 1.54) is 0 Å². The number of ether oxygens (including phenoxy) is 1. The van der Waals surface area contributed by atoms with E-state index in [-0.39, 0.29) is 5.91 Å². The van der Waals surface area contributed by atoms with Gasteiger partial charge in [-0.15, -0.1) is 11.6 Å². The predicted octanol–water partition coefficient (Wildman–Crippen LogP) is 3.71. The Morgan fingerprint density at radius 1 is 1.40 bits per heavy atom. The van der Waals surface area contributed by atoms with E-state index in [0.29, 0.717) is 18.5 Å². The van der Waals surface area contributed by atoms with Crippen LogP contribution in [-0.4, -0.2) is 35.9 Å². The number of likely N-dealkylation sites (tertiary alicyclic amines) is 1. The third-order valence-corrected chi connectivity index (χ3v) is 3.99. The van der Waals surface area contributed by atoms with Gasteiger partial charge < -0.3 is 9.64 Å². The van der Waals surface area contributed by atoms with Gasteiger partial charge >= 0.3 is 0 Å². The highest BCUT2D eigenvalue weighted by Crippen LogP contribution is 2.24. The number of benzene rings is 1. The molecule has 1 fully saturated rings. The fraction of sp³-hybridized carbons (Fsp3) is 0.562. The van der Waals surface area contributed by atoms with Crippen molar-refractivity contribution >= 4 is 17.5 Å². The topological polar surface area (TPSA) is 29.5 Å². The molecule has 2 rings (SSSR count). The highest BCUT2D eigenvalue weighted by atomic mass is 35.5. The number of nitrogens with zero attached hydrogens (tertiary/aromatic N) is 1. The van der Waals surface area contributed by atoms with E-state index in [9.17, 15) is 4.79 Å². The van der Waals surface area contributed by atoms with E-state index in [1.807, 2.05) is 36.1 Å². The maximum Gasteiger partial charge on any atom is 0.254 e. The molecule has 4 heteroatoms. The summed E-state index contributed by atoms with van der Waals surface area (Å²) in [6.45, 7) is 3.45. The Balaban J connectivity index is 2.02. The fourth-order valence-electron chi connectivity index (χ4n) is 2.74. The van der Waals surface area contributed by atoms with Crippen LogP contribution in [0.15, 0.2) is 24.3 Å². The third kappa shape index (κ3) is 3.66. The maximum absolute atomic E-state index is 12.5. The van der Waals surface area contributed by atoms with Gasteiger partial charge in [-0.05, 0) is 56.9 Å². The Labute approximate surface area is 125 Å². The summed E-state index contributed by atoms with van der Waals surface area (Å²) in [5, 5.41) is 0. The van der Waals surface area contributed by atoms with Crippen LogP contribution in [0.25, 0.3) is 0 Å². The number of carbonyl (C=O) groups excluding carboxylic acids is 1. The molecular formula is C16H22ClNO2. The molecule has 0 spiro atoms. The van der Waals surface area contributed by atoms with E-state index >= 15 is 0 Å². The summed E-state index contributed by atoms with van der Waals surface area (Å²) in [5.41, 5.74) is 0.742. The molecule has 0 saturated carbocycles. The van der Waals surface area contributed by atoms with Gasteiger partial charge in [-0.25, -0.2) is 0 Å². The standard InChI is InChI=1S/C16H22ClNO2/c1-2-20-15-9-7-13(8-10-15)16(19)18-12-4-6-14(18)5-3-11-17/h7-10,14H,2-6,11-12H2,1H3. The molecule has 0 N–H and O–H groups in total. The number of hydrogen-bond donors (Lipinski definition) is 0. The van der Waals surface area contributed by atoms with Gasteiger partial charge in [-0.3, -0.25) is 4.79 Å². The van der Waals surface area contributed by atoms with Crippen molar-refractivity contribution in [2.24, 2.45) is 0 Å². The summed E-state index contributed by atoms with van der Waals surface area (Å²) in [6, 6.07) is 7.78. The van der Waals surface area contributed by atoms with Crippen LogP contribution in [0.2, 0.25) is 0 Å². The van der Waals surface area contributed by atoms with Crippen LogP contribution < -0.4 is 4.74 Å². The lowest BCUT2D eigenvalue weighted by molar-refractivity contribution is 0.0730. The molecule has 110 valence electrons. The minimum absolute atomic E-state index is 0.130. The van der Waals surface area contributed by atoms with Crippen LogP contribution in [0.3, 0.4) is 0 Å². The molecule has 0 radical (unpaired) electrons. The van der Waals surface area contributed by atoms with Gasteiger partial charge in [0.2, 0.25) is 0 Å². The molecular weight excluding hydrogens is 274 g/mol. The fourth-order valence-corrected chi connectivity index (χ4v) is 2.90. The first-order valence-corrected chi connectivity index (χ1v) is 7.89. The predicted molar refractivity (Wildman–Crippen MR) is 81.6 cm³/mol. The van der Waals surface area contributed by atoms with Crippen molar-refractivity contribution in [3.63, 3.8) is 0 Å². The molecule has 0 aliphatic carbocycles. The Morgan fingerprint density at radius 2 is 2.15 bits per heavy atom. The Morgan fingerprint density at radius 3 is 2.80 bits per heavy atom. The molecule has 0 bridgehead atoms. The Hall–Kier alpha value is -1.22. The van der Waals surface area contributed by atoms with E-state index in [1.54, 1.807) is 0 Å². The number of halogens is 1. The second kappa shape index (κ2) is 7.53. The van der Waals surface area contributed by atoms with Crippen molar-refractivity contribution in [1.82, 2.24) is 4.90 Å². The van der Waals surface area contributed by atoms with E-state index < -0.39 is 0 Å². The van der Waals surface area contributed by atoms with E-state index in [2.05, 4.69) is 0 Å². The summed E-state index contributed by atoms with van der Waals surface area (Å²) in [5.74, 6) is 1.61. The molecule has 1 aromatic rings. The van der Waals surface area contributed by atoms with Crippen LogP contribution >= 0.6 is 11.6 Å². The van der Waals surface area contributed by atoms with Gasteiger partial charge in [0.25, 0.3) is 5.91 Å². The van der Waals surface area contributed by atoms with Crippen LogP contribution in [0.1, 0.15) is 43.0 Å². The number of alkyl halides is 1. The number of amides is 1. The van der Waals surface area contributed by atoms with Gasteiger partial charge in [0.1, 0.15) is 5.75 Å². The van der Waals surface area contributed by atoms with Gasteiger partial charge in [0.15, 0.2) is 0 Å². The zero-order chi connectivity index (χ0) is 14.4. The van der Waals surface area contributed by atoms with Crippen LogP contribution in [0, 0.1) is 0 Å². The summed E-state index contributed by atoms with van der Waals surface area (Å²) in [4.78, 5) is 14.5. The number of rotatable bonds is 6. The van der Waals surface area contributed by atoms with Gasteiger partial charge in [-0.2, -0.15) is 0 Å². The number of carbonyl (C=O) groups is 1. The molecule has 1 unspecified atom stereocenters. The first-order chi connectivity index (χ1) is 9.76. The average Bonchev–Trinajstić information content (AvgIpc) is 2.94. The summed E-state index contributed by atoms with van der Waals surface area (Å²) < 4.78 is 5.40. The monoisotopic (exact) mass is 295 g/mol. The first-order valence-electron chi connectivity index (χ1n) is 7.36. The third-order valence-electron chi connectivity index (χ3n) is 3.72. The van der Waals surface area contributed by atoms with Gasteiger partial charge in [0.05, 0.1) is 6.61 Å². The van der Waals surface area contributed by atoms with Crippen molar-refractivity contribution in [2.45, 2.75) is 38.6 Å². The molecule has 0 aromatic heterocycles. The van der Waals surface area contributed by atoms with Crippen molar-refractivity contribution in [3.05, 3.63) is 29.8 Å². The molecule has 1 atom stereocenters. The second-order valence-corrected chi connectivity index (χ2v) is 5.46. The molecule has 3 nitrogen and oxygen atoms in total. The SMILES string of the molecule is CCOc1ccc(C(=O)N2CCCC2CCCCl)cc1. The zero-order valence-corrected chi connectivity index (χ0v) is 12.7. The second-order valence-electron chi connectivity index (χ2n) is 5.08. The quantitative estimate of drug-likeness (QED) is 0.749. The van der Waals surface area contributed by atoms with Gasteiger partial charge in [0, 0.05) is 24.0 Å². The van der Waals surface area contributed by atoms with E-state index in [4.69, 9.17) is 16.3 Å². The molecule has 20 heavy (non-hydrogen) atoms. The summed E-state index contributed by atoms with van der Waals surface area (Å²) >= 11 is 5.75. The maximum atomic E-state index is 12.5. The van der Waals surface area contributed by atoms with Crippen molar-refractivity contribution in [1.29, 1.82) is 0 Å². The van der Waals surface area contributed by atoms with Crippen molar-refractivity contribution < 1.29 is 9.53 Å². The highest BCUT2D eigenvalue weighted by molar-refractivity contribution is 6.17. The Bertz CT molecular complexity index is 433. The van der Waals surface area contributed by atoms with Crippen LogP contribution in [-0.2, 0) is 0 Å². The molecule has 1 saturated heterocycles. The van der Waals surface area contributed by atoms with E-state index in [0.717, 1.165) is 43.5 Å². The summed E-state index contributed by atoms with van der Waals surface area (Å²) in [6.07, 6.45) is 4.17. The minimum atomic E-state index is 0.130. The van der Waals surface area contributed by atoms with Gasteiger partial charge in [-0.1, -0.05) is 0 Å². The van der Waals surface area contributed by atoms with Crippen molar-refractivity contribution in [2.75, 3.05) is 19.0 Å². The minimum Gasteiger partial charge on any atom is -0.494 e. The smallest absolute Gasteiger partial charge is 0.254 e. The summed E-state index contributed by atoms with van der Waals surface area (Å²) in [7, 11) is 0. The normalized spacial score (nSPS) is 18.3. The van der Waals surface area contributed by atoms with Crippen molar-refractivity contribution in [3.8, 4) is 5.75 Å². The Kier molecular flexibility index (Phi) is 5.72. The molecule has 1 heterocycles. The largest absolute Gasteiger partial charge is 0.494 e. The number of hydrogen-bond acceptors (Lipinski definition) is 2. The first kappa shape index (κ1) is 15.2. The molecule has 1 aromatic carbocycles. The zero-order valence-electron chi connectivity index (χ0n) is 12.0. The van der Waals surface area contributed by atoms with Crippen LogP contribution in [0.5, 0.6) is 5.75 Å².